The van der Waals surface area contributed by atoms with Gasteiger partial charge in [-0.1, -0.05) is 178 Å². The molecule has 0 radical (unpaired) electrons. The summed E-state index contributed by atoms with van der Waals surface area (Å²) < 4.78 is 5.39. The topological polar surface area (TPSA) is 8.81 Å². The summed E-state index contributed by atoms with van der Waals surface area (Å²) in [5.41, 5.74) is 4.41. The lowest BCUT2D eigenvalue weighted by atomic mass is 9.96. The molecule has 0 aliphatic heterocycles. The van der Waals surface area contributed by atoms with Gasteiger partial charge in [0.25, 0.3) is 5.82 Å². The quantitative estimate of drug-likeness (QED) is 0.0641. The first-order valence-electron chi connectivity index (χ1n) is 18.9. The Morgan fingerprint density at radius 3 is 1.59 bits per heavy atom. The summed E-state index contributed by atoms with van der Waals surface area (Å²) in [4.78, 5) is 0. The lowest BCUT2D eigenvalue weighted by molar-refractivity contribution is -0.710. The average molecular weight is 600 g/mol. The van der Waals surface area contributed by atoms with Gasteiger partial charge in [-0.05, 0) is 42.7 Å². The van der Waals surface area contributed by atoms with Crippen LogP contribution in [-0.4, -0.2) is 4.57 Å². The molecule has 2 heteroatoms. The highest BCUT2D eigenvalue weighted by molar-refractivity contribution is 5.21. The largest absolute Gasteiger partial charge is 0.261 e. The maximum absolute atomic E-state index is 2.74. The van der Waals surface area contributed by atoms with Crippen molar-refractivity contribution in [2.75, 3.05) is 0 Å². The third kappa shape index (κ3) is 14.2. The summed E-state index contributed by atoms with van der Waals surface area (Å²) in [7, 11) is 0. The van der Waals surface area contributed by atoms with E-state index in [1.807, 2.05) is 0 Å². The fourth-order valence-corrected chi connectivity index (χ4v) is 6.81. The van der Waals surface area contributed by atoms with Crippen molar-refractivity contribution in [1.29, 1.82) is 0 Å². The molecule has 1 heterocycles. The van der Waals surface area contributed by atoms with Crippen molar-refractivity contribution in [2.45, 2.75) is 175 Å². The molecule has 3 rings (SSSR count). The number of nitrogens with zero attached hydrogens (tertiary/aromatic N) is 2. The number of benzene rings is 2. The molecule has 1 unspecified atom stereocenters. The number of hydrogen-bond acceptors (Lipinski definition) is 0. The van der Waals surface area contributed by atoms with Gasteiger partial charge in [0.05, 0.1) is 19.5 Å². The molecule has 0 amide bonds. The first-order valence-corrected chi connectivity index (χ1v) is 18.9. The Kier molecular flexibility index (Phi) is 18.9. The van der Waals surface area contributed by atoms with Crippen LogP contribution in [0, 0.1) is 0 Å². The minimum Gasteiger partial charge on any atom is -0.234 e. The van der Waals surface area contributed by atoms with E-state index >= 15 is 0 Å². The molecular weight excluding hydrogens is 532 g/mol. The van der Waals surface area contributed by atoms with Gasteiger partial charge in [0, 0.05) is 6.42 Å². The zero-order valence-corrected chi connectivity index (χ0v) is 29.1. The van der Waals surface area contributed by atoms with Crippen LogP contribution in [-0.2, 0) is 25.9 Å². The predicted octanol–water partition coefficient (Wildman–Crippen LogP) is 12.2. The van der Waals surface area contributed by atoms with Gasteiger partial charge in [0.15, 0.2) is 0 Å². The van der Waals surface area contributed by atoms with Crippen LogP contribution in [0.2, 0.25) is 0 Å². The lowest BCUT2D eigenvalue weighted by Gasteiger charge is -2.12. The minimum absolute atomic E-state index is 0.517. The van der Waals surface area contributed by atoms with E-state index in [1.165, 1.54) is 145 Å². The molecule has 0 N–H and O–H groups in total. The molecule has 0 saturated heterocycles. The Bertz CT molecular complexity index is 1080. The van der Waals surface area contributed by atoms with Crippen LogP contribution in [0.15, 0.2) is 66.9 Å². The number of unbranched alkanes of at least 4 members (excludes halogenated alkanes) is 17. The summed E-state index contributed by atoms with van der Waals surface area (Å²) >= 11 is 0. The number of rotatable bonds is 26. The Morgan fingerprint density at radius 1 is 0.568 bits per heavy atom. The lowest BCUT2D eigenvalue weighted by Crippen LogP contribution is -2.41. The van der Waals surface area contributed by atoms with E-state index in [1.54, 1.807) is 0 Å². The van der Waals surface area contributed by atoms with Crippen molar-refractivity contribution in [1.82, 2.24) is 4.57 Å². The third-order valence-electron chi connectivity index (χ3n) is 9.62. The van der Waals surface area contributed by atoms with Crippen molar-refractivity contribution in [3.8, 4) is 0 Å². The smallest absolute Gasteiger partial charge is 0.234 e. The van der Waals surface area contributed by atoms with E-state index in [9.17, 15) is 0 Å². The molecule has 0 spiro atoms. The van der Waals surface area contributed by atoms with E-state index in [-0.39, 0.29) is 0 Å². The number of aromatic nitrogens is 2. The Labute approximate surface area is 272 Å². The Balaban J connectivity index is 1.66. The van der Waals surface area contributed by atoms with Gasteiger partial charge in [-0.2, -0.15) is 0 Å². The van der Waals surface area contributed by atoms with E-state index in [2.05, 4.69) is 96.8 Å². The van der Waals surface area contributed by atoms with Crippen LogP contribution in [0.5, 0.6) is 0 Å². The molecule has 2 aromatic carbocycles. The van der Waals surface area contributed by atoms with Crippen molar-refractivity contribution < 1.29 is 4.57 Å². The van der Waals surface area contributed by atoms with Gasteiger partial charge in [-0.15, -0.1) is 0 Å². The van der Waals surface area contributed by atoms with E-state index in [0.29, 0.717) is 5.92 Å². The number of aryl methyl sites for hydroxylation is 1. The zero-order valence-electron chi connectivity index (χ0n) is 29.1. The first kappa shape index (κ1) is 36.1. The van der Waals surface area contributed by atoms with Crippen LogP contribution in [0.3, 0.4) is 0 Å². The second kappa shape index (κ2) is 23.1. The number of imidazole rings is 1. The Hall–Kier alpha value is -2.35. The summed E-state index contributed by atoms with van der Waals surface area (Å²) in [6.45, 7) is 9.33. The summed E-state index contributed by atoms with van der Waals surface area (Å²) in [5.74, 6) is 2.03. The van der Waals surface area contributed by atoms with Crippen molar-refractivity contribution in [2.24, 2.45) is 0 Å². The summed E-state index contributed by atoms with van der Waals surface area (Å²) in [6, 6.07) is 22.3. The molecule has 3 aromatic rings. The molecule has 2 nitrogen and oxygen atoms in total. The van der Waals surface area contributed by atoms with Gasteiger partial charge in [0.1, 0.15) is 11.9 Å². The molecule has 0 aliphatic rings. The fraction of sp³-hybridized carbons (Fsp3) is 0.643. The van der Waals surface area contributed by atoms with Crippen LogP contribution in [0.1, 0.15) is 171 Å². The van der Waals surface area contributed by atoms with Gasteiger partial charge in [-0.25, -0.2) is 9.13 Å². The predicted molar refractivity (Wildman–Crippen MR) is 192 cm³/mol. The minimum atomic E-state index is 0.517. The van der Waals surface area contributed by atoms with Crippen molar-refractivity contribution in [3.63, 3.8) is 0 Å². The second-order valence-electron chi connectivity index (χ2n) is 13.6. The van der Waals surface area contributed by atoms with E-state index in [0.717, 1.165) is 25.9 Å². The first-order chi connectivity index (χ1) is 21.7. The zero-order chi connectivity index (χ0) is 31.1. The fourth-order valence-electron chi connectivity index (χ4n) is 6.81. The van der Waals surface area contributed by atoms with Gasteiger partial charge in [0.2, 0.25) is 0 Å². The van der Waals surface area contributed by atoms with E-state index in [4.69, 9.17) is 0 Å². The SMILES string of the molecule is CCCCCCCCCCCC[n+]1c(CC(C)c2ccccc2)cn(CCCCCCCCCCC)c1Cc1ccccc1. The monoisotopic (exact) mass is 600 g/mol. The summed E-state index contributed by atoms with van der Waals surface area (Å²) in [5, 5.41) is 0. The molecule has 244 valence electrons. The molecule has 0 saturated carbocycles. The van der Waals surface area contributed by atoms with Gasteiger partial charge >= 0.3 is 0 Å². The van der Waals surface area contributed by atoms with Crippen LogP contribution < -0.4 is 4.57 Å². The molecule has 1 atom stereocenters. The van der Waals surface area contributed by atoms with E-state index < -0.39 is 0 Å². The third-order valence-corrected chi connectivity index (χ3v) is 9.62. The highest BCUT2D eigenvalue weighted by Gasteiger charge is 2.25. The maximum Gasteiger partial charge on any atom is 0.261 e. The van der Waals surface area contributed by atoms with Crippen molar-refractivity contribution in [3.05, 3.63) is 89.5 Å². The number of hydrogen-bond donors (Lipinski definition) is 0. The van der Waals surface area contributed by atoms with Gasteiger partial charge < -0.3 is 0 Å². The van der Waals surface area contributed by atoms with Crippen LogP contribution >= 0.6 is 0 Å². The molecule has 0 aliphatic carbocycles. The van der Waals surface area contributed by atoms with Crippen LogP contribution in [0.25, 0.3) is 0 Å². The summed E-state index contributed by atoms with van der Waals surface area (Å²) in [6.07, 6.45) is 31.0. The molecule has 1 aromatic heterocycles. The maximum atomic E-state index is 2.74. The second-order valence-corrected chi connectivity index (χ2v) is 13.6. The highest BCUT2D eigenvalue weighted by atomic mass is 15.2. The standard InChI is InChI=1S/C42H67N2/c1-4-6-8-10-12-14-16-18-20-28-34-44-41(35-38(3)40-31-25-22-26-32-40)37-43(42(44)36-39-29-23-21-24-30-39)33-27-19-17-15-13-11-9-7-5-2/h21-26,29-32,37-38H,4-20,27-28,33-36H2,1-3H3/q+1. The Morgan fingerprint density at radius 2 is 1.05 bits per heavy atom. The van der Waals surface area contributed by atoms with Gasteiger partial charge in [-0.3, -0.25) is 0 Å². The van der Waals surface area contributed by atoms with Crippen molar-refractivity contribution >= 4 is 0 Å². The molecule has 0 bridgehead atoms. The highest BCUT2D eigenvalue weighted by Crippen LogP contribution is 2.21. The average Bonchev–Trinajstić information content (AvgIpc) is 3.36. The van der Waals surface area contributed by atoms with Crippen LogP contribution in [0.4, 0.5) is 0 Å². The molecule has 0 fully saturated rings. The normalized spacial score (nSPS) is 12.2. The molecular formula is C42H67N2+. The molecule has 44 heavy (non-hydrogen) atoms.